The average Bonchev–Trinajstić information content (AvgIpc) is 3.43. The first-order valence-corrected chi connectivity index (χ1v) is 22.6. The summed E-state index contributed by atoms with van der Waals surface area (Å²) < 4.78 is 12.0. The molecule has 2 aromatic carbocycles. The number of benzene rings is 2. The summed E-state index contributed by atoms with van der Waals surface area (Å²) in [5.41, 5.74) is 3.14. The van der Waals surface area contributed by atoms with E-state index in [2.05, 4.69) is 70.3 Å². The predicted molar refractivity (Wildman–Crippen MR) is 161 cm³/mol. The first-order chi connectivity index (χ1) is 18.0. The first kappa shape index (κ1) is 30.1. The monoisotopic (exact) mass is 613 g/mol. The number of unbranched alkanes of at least 4 members (excludes halogenated alkanes) is 3. The van der Waals surface area contributed by atoms with E-state index in [0.717, 1.165) is 30.6 Å². The number of hydrogen-bond donors (Lipinski definition) is 1. The summed E-state index contributed by atoms with van der Waals surface area (Å²) in [6, 6.07) is 15.8. The van der Waals surface area contributed by atoms with Crippen LogP contribution in [0.15, 0.2) is 42.5 Å². The van der Waals surface area contributed by atoms with Crippen LogP contribution in [0.2, 0.25) is 13.3 Å². The fraction of sp³-hybridized carbons (Fsp3) is 0.606. The topological polar surface area (TPSA) is 38.3 Å². The second kappa shape index (κ2) is 14.6. The van der Waals surface area contributed by atoms with Crippen molar-refractivity contribution >= 4 is 27.9 Å². The molecule has 0 saturated carbocycles. The van der Waals surface area contributed by atoms with E-state index in [-0.39, 0.29) is 11.3 Å². The number of rotatable bonds is 16. The van der Waals surface area contributed by atoms with Crippen LogP contribution in [0.1, 0.15) is 107 Å². The van der Waals surface area contributed by atoms with Crippen molar-refractivity contribution in [2.45, 2.75) is 111 Å². The van der Waals surface area contributed by atoms with Gasteiger partial charge in [0.25, 0.3) is 0 Å². The van der Waals surface area contributed by atoms with Gasteiger partial charge in [0.2, 0.25) is 0 Å². The Hall–Kier alpha value is -1.49. The molecule has 0 aromatic heterocycles. The molecule has 1 heterocycles. The number of nitrogens with one attached hydrogen (secondary N) is 1. The molecular weight excluding hydrogens is 561 g/mol. The van der Waals surface area contributed by atoms with Crippen LogP contribution in [0, 0.1) is 0 Å². The van der Waals surface area contributed by atoms with E-state index in [4.69, 9.17) is 4.74 Å². The summed E-state index contributed by atoms with van der Waals surface area (Å²) >= 11 is -2.44. The Kier molecular flexibility index (Phi) is 11.9. The summed E-state index contributed by atoms with van der Waals surface area (Å²) in [6.45, 7) is 12.9. The van der Waals surface area contributed by atoms with Crippen molar-refractivity contribution in [3.8, 4) is 5.75 Å². The molecule has 0 saturated heterocycles. The molecule has 204 valence electrons. The molecule has 1 aliphatic heterocycles. The van der Waals surface area contributed by atoms with E-state index in [9.17, 15) is 4.79 Å². The third-order valence-electron chi connectivity index (χ3n) is 9.04. The van der Waals surface area contributed by atoms with Crippen LogP contribution in [-0.2, 0) is 11.8 Å². The molecule has 0 radical (unpaired) electrons. The maximum absolute atomic E-state index is 13.2. The third kappa shape index (κ3) is 7.13. The SMILES string of the molecule is CCC[CH2][Sn]([CH2]CCC)([CH2]CCC)[c]1ccc(C(CC)(CC)CNC(=O)c2cccc3c2OCC3)cc1. The molecule has 0 atom stereocenters. The first-order valence-electron chi connectivity index (χ1n) is 15.1. The van der Waals surface area contributed by atoms with Gasteiger partial charge in [-0.25, -0.2) is 0 Å². The number of carbonyl (C=O) groups excluding carboxylic acids is 1. The van der Waals surface area contributed by atoms with Crippen molar-refractivity contribution in [3.63, 3.8) is 0 Å². The van der Waals surface area contributed by atoms with Gasteiger partial charge < -0.3 is 0 Å². The van der Waals surface area contributed by atoms with Crippen LogP contribution >= 0.6 is 0 Å². The van der Waals surface area contributed by atoms with Crippen molar-refractivity contribution in [1.82, 2.24) is 5.32 Å². The molecule has 37 heavy (non-hydrogen) atoms. The zero-order valence-electron chi connectivity index (χ0n) is 24.3. The van der Waals surface area contributed by atoms with Gasteiger partial charge in [-0.15, -0.1) is 0 Å². The Morgan fingerprint density at radius 3 is 2.00 bits per heavy atom. The van der Waals surface area contributed by atoms with E-state index >= 15 is 0 Å². The molecule has 0 bridgehead atoms. The zero-order valence-corrected chi connectivity index (χ0v) is 27.1. The summed E-state index contributed by atoms with van der Waals surface area (Å²) in [7, 11) is 0. The van der Waals surface area contributed by atoms with E-state index in [1.165, 1.54) is 57.4 Å². The van der Waals surface area contributed by atoms with Crippen molar-refractivity contribution in [3.05, 3.63) is 59.2 Å². The molecule has 4 heteroatoms. The number of amides is 1. The van der Waals surface area contributed by atoms with Gasteiger partial charge in [0, 0.05) is 0 Å². The maximum atomic E-state index is 13.2. The van der Waals surface area contributed by atoms with Gasteiger partial charge in [0.15, 0.2) is 0 Å². The molecule has 0 aliphatic carbocycles. The molecule has 3 nitrogen and oxygen atoms in total. The Bertz CT molecular complexity index is 959. The fourth-order valence-electron chi connectivity index (χ4n) is 6.28. The van der Waals surface area contributed by atoms with E-state index in [0.29, 0.717) is 18.7 Å². The Morgan fingerprint density at radius 1 is 0.865 bits per heavy atom. The zero-order chi connectivity index (χ0) is 26.7. The molecule has 3 rings (SSSR count). The average molecular weight is 612 g/mol. The molecule has 2 aromatic rings. The predicted octanol–water partition coefficient (Wildman–Crippen LogP) is 8.17. The van der Waals surface area contributed by atoms with Crippen molar-refractivity contribution in [2.24, 2.45) is 0 Å². The standard InChI is InChI=1S/C21H24NO2.3C4H9.Sn/c1-3-21(4-2,17-10-6-5-7-11-17)15-22-20(23)18-12-8-9-16-13-14-24-19(16)18;3*1-3-4-2;/h6-12H,3-4,13-15H2,1-2H3,(H,22,23);3*1,3-4H2,2H3;. The van der Waals surface area contributed by atoms with Gasteiger partial charge in [-0.05, 0) is 0 Å². The molecule has 1 amide bonds. The van der Waals surface area contributed by atoms with Crippen molar-refractivity contribution in [2.75, 3.05) is 13.2 Å². The normalized spacial score (nSPS) is 13.3. The number of fused-ring (bicyclic) bond motifs is 1. The summed E-state index contributed by atoms with van der Waals surface area (Å²) in [5, 5.41) is 3.29. The van der Waals surface area contributed by atoms with E-state index in [1.807, 2.05) is 12.1 Å². The number of carbonyl (C=O) groups is 1. The molecular formula is C33H51NO2Sn. The van der Waals surface area contributed by atoms with Gasteiger partial charge >= 0.3 is 232 Å². The van der Waals surface area contributed by atoms with Crippen LogP contribution in [0.25, 0.3) is 0 Å². The third-order valence-corrected chi connectivity index (χ3v) is 24.7. The Morgan fingerprint density at radius 2 is 1.46 bits per heavy atom. The molecule has 1 N–H and O–H groups in total. The molecule has 0 spiro atoms. The summed E-state index contributed by atoms with van der Waals surface area (Å²) in [5.74, 6) is 0.758. The molecule has 1 aliphatic rings. The Balaban J connectivity index is 1.83. The quantitative estimate of drug-likeness (QED) is 0.194. The van der Waals surface area contributed by atoms with Gasteiger partial charge in [-0.3, -0.25) is 0 Å². The van der Waals surface area contributed by atoms with Gasteiger partial charge in [0.05, 0.1) is 0 Å². The summed E-state index contributed by atoms with van der Waals surface area (Å²) in [4.78, 5) is 13.2. The summed E-state index contributed by atoms with van der Waals surface area (Å²) in [6.07, 6.45) is 11.0. The number of para-hydroxylation sites is 1. The van der Waals surface area contributed by atoms with Crippen LogP contribution in [-0.4, -0.2) is 37.4 Å². The minimum atomic E-state index is -2.44. The van der Waals surface area contributed by atoms with E-state index in [1.54, 1.807) is 3.58 Å². The van der Waals surface area contributed by atoms with Crippen LogP contribution in [0.5, 0.6) is 5.75 Å². The Labute approximate surface area is 231 Å². The molecule has 0 fully saturated rings. The second-order valence-electron chi connectivity index (χ2n) is 11.2. The van der Waals surface area contributed by atoms with Crippen molar-refractivity contribution < 1.29 is 9.53 Å². The van der Waals surface area contributed by atoms with Crippen LogP contribution < -0.4 is 13.6 Å². The second-order valence-corrected chi connectivity index (χ2v) is 24.5. The van der Waals surface area contributed by atoms with Gasteiger partial charge in [-0.2, -0.15) is 0 Å². The minimum absolute atomic E-state index is 0.0180. The van der Waals surface area contributed by atoms with Gasteiger partial charge in [0.1, 0.15) is 0 Å². The van der Waals surface area contributed by atoms with Crippen LogP contribution in [0.4, 0.5) is 0 Å². The van der Waals surface area contributed by atoms with Crippen LogP contribution in [0.3, 0.4) is 0 Å². The van der Waals surface area contributed by atoms with E-state index < -0.39 is 18.4 Å². The molecule has 0 unspecified atom stereocenters. The number of hydrogen-bond acceptors (Lipinski definition) is 2. The van der Waals surface area contributed by atoms with Crippen molar-refractivity contribution in [1.29, 1.82) is 0 Å². The fourth-order valence-corrected chi connectivity index (χ4v) is 22.2. The number of ether oxygens (including phenoxy) is 1. The van der Waals surface area contributed by atoms with Gasteiger partial charge in [-0.1, -0.05) is 0 Å².